The van der Waals surface area contributed by atoms with Gasteiger partial charge in [-0.3, -0.25) is 0 Å². The second-order valence-electron chi connectivity index (χ2n) is 3.71. The monoisotopic (exact) mass is 254 g/mol. The van der Waals surface area contributed by atoms with E-state index in [0.717, 1.165) is 5.57 Å². The number of carbonyl (C=O) groups is 1. The van der Waals surface area contributed by atoms with E-state index >= 15 is 0 Å². The topological polar surface area (TPSA) is 50.4 Å². The maximum atomic E-state index is 10.7. The molecule has 2 N–H and O–H groups in total. The van der Waals surface area contributed by atoms with Gasteiger partial charge in [-0.2, -0.15) is 0 Å². The Hall–Kier alpha value is -1.44. The zero-order chi connectivity index (χ0) is 12.7. The Morgan fingerprint density at radius 2 is 2.53 bits per heavy atom. The van der Waals surface area contributed by atoms with Gasteiger partial charge in [-0.1, -0.05) is 29.2 Å². The summed E-state index contributed by atoms with van der Waals surface area (Å²) >= 11 is 5.66. The molecule has 1 aliphatic heterocycles. The highest BCUT2D eigenvalue weighted by atomic mass is 35.5. The average Bonchev–Trinajstić information content (AvgIpc) is 2.72. The van der Waals surface area contributed by atoms with Crippen molar-refractivity contribution >= 4 is 17.7 Å². The number of alkyl carbamates (subject to hydrolysis) is 1. The van der Waals surface area contributed by atoms with Gasteiger partial charge in [0.2, 0.25) is 0 Å². The zero-order valence-electron chi connectivity index (χ0n) is 9.63. The normalized spacial score (nSPS) is 20.8. The number of terminal acetylenes is 1. The molecule has 17 heavy (non-hydrogen) atoms. The Kier molecular flexibility index (Phi) is 5.61. The molecule has 1 heterocycles. The van der Waals surface area contributed by atoms with Crippen LogP contribution in [0, 0.1) is 12.3 Å². The van der Waals surface area contributed by atoms with Gasteiger partial charge in [0.05, 0.1) is 11.6 Å². The number of amides is 1. The fourth-order valence-electron chi connectivity index (χ4n) is 1.30. The van der Waals surface area contributed by atoms with Gasteiger partial charge in [-0.15, -0.1) is 6.42 Å². The van der Waals surface area contributed by atoms with E-state index < -0.39 is 0 Å². The number of hydrogen-bond acceptors (Lipinski definition) is 3. The lowest BCUT2D eigenvalue weighted by atomic mass is 10.2. The predicted octanol–water partition coefficient (Wildman–Crippen LogP) is 1.39. The van der Waals surface area contributed by atoms with Crippen molar-refractivity contribution in [2.75, 3.05) is 19.6 Å². The highest BCUT2D eigenvalue weighted by Crippen LogP contribution is 2.01. The zero-order valence-corrected chi connectivity index (χ0v) is 10.4. The number of halogens is 1. The van der Waals surface area contributed by atoms with Crippen LogP contribution in [0.25, 0.3) is 0 Å². The summed E-state index contributed by atoms with van der Waals surface area (Å²) in [7, 11) is 0. The number of carbonyl (C=O) groups excluding carboxylic acids is 1. The van der Waals surface area contributed by atoms with Crippen LogP contribution in [-0.2, 0) is 4.74 Å². The lowest BCUT2D eigenvalue weighted by molar-refractivity contribution is 0.140. The van der Waals surface area contributed by atoms with E-state index in [1.807, 2.05) is 13.0 Å². The quantitative estimate of drug-likeness (QED) is 0.576. The van der Waals surface area contributed by atoms with Crippen molar-refractivity contribution in [1.82, 2.24) is 10.6 Å². The van der Waals surface area contributed by atoms with Gasteiger partial charge in [0.15, 0.2) is 0 Å². The Morgan fingerprint density at radius 3 is 3.12 bits per heavy atom. The smallest absolute Gasteiger partial charge is 0.407 e. The van der Waals surface area contributed by atoms with Gasteiger partial charge < -0.3 is 15.4 Å². The molecular formula is C12H15ClN2O2. The van der Waals surface area contributed by atoms with Crippen molar-refractivity contribution in [2.24, 2.45) is 0 Å². The van der Waals surface area contributed by atoms with Crippen molar-refractivity contribution < 1.29 is 9.53 Å². The summed E-state index contributed by atoms with van der Waals surface area (Å²) in [6.45, 7) is 3.83. The molecule has 4 nitrogen and oxygen atoms in total. The first-order chi connectivity index (χ1) is 8.11. The molecule has 1 aliphatic rings. The van der Waals surface area contributed by atoms with E-state index in [9.17, 15) is 4.79 Å². The van der Waals surface area contributed by atoms with Crippen LogP contribution in [0.1, 0.15) is 6.92 Å². The van der Waals surface area contributed by atoms with Crippen molar-refractivity contribution in [3.8, 4) is 12.3 Å². The van der Waals surface area contributed by atoms with Crippen LogP contribution >= 0.6 is 11.6 Å². The minimum Gasteiger partial charge on any atom is -0.443 e. The number of allylic oxidation sites excluding steroid dienone is 3. The first kappa shape index (κ1) is 13.6. The standard InChI is InChI=1S/C12H15ClN2O2/c1-3-10(13)5-4-9(2)6-14-7-11-8-15-12(16)17-11/h1,4-5,11,14H,6-8H2,2H3,(H,15,16). The summed E-state index contributed by atoms with van der Waals surface area (Å²) in [6, 6.07) is 0. The summed E-state index contributed by atoms with van der Waals surface area (Å²) in [5, 5.41) is 6.14. The summed E-state index contributed by atoms with van der Waals surface area (Å²) in [6.07, 6.45) is 8.18. The van der Waals surface area contributed by atoms with Crippen LogP contribution in [0.3, 0.4) is 0 Å². The van der Waals surface area contributed by atoms with Crippen molar-refractivity contribution in [3.63, 3.8) is 0 Å². The van der Waals surface area contributed by atoms with Crippen LogP contribution in [0.2, 0.25) is 0 Å². The molecule has 1 atom stereocenters. The molecule has 0 spiro atoms. The van der Waals surface area contributed by atoms with Gasteiger partial charge in [0.25, 0.3) is 0 Å². The van der Waals surface area contributed by atoms with Gasteiger partial charge in [-0.25, -0.2) is 4.79 Å². The molecule has 92 valence electrons. The van der Waals surface area contributed by atoms with Gasteiger partial charge in [0.1, 0.15) is 6.10 Å². The maximum absolute atomic E-state index is 10.7. The van der Waals surface area contributed by atoms with Crippen LogP contribution in [-0.4, -0.2) is 31.8 Å². The number of nitrogens with one attached hydrogen (secondary N) is 2. The molecule has 0 aromatic rings. The van der Waals surface area contributed by atoms with E-state index in [4.69, 9.17) is 22.8 Å². The highest BCUT2D eigenvalue weighted by molar-refractivity contribution is 6.32. The summed E-state index contributed by atoms with van der Waals surface area (Å²) in [4.78, 5) is 10.7. The Labute approximate surface area is 106 Å². The van der Waals surface area contributed by atoms with E-state index in [1.165, 1.54) is 0 Å². The largest absolute Gasteiger partial charge is 0.443 e. The van der Waals surface area contributed by atoms with Crippen molar-refractivity contribution in [2.45, 2.75) is 13.0 Å². The number of cyclic esters (lactones) is 1. The second kappa shape index (κ2) is 7.00. The first-order valence-corrected chi connectivity index (χ1v) is 5.64. The molecule has 1 rings (SSSR count). The fourth-order valence-corrected chi connectivity index (χ4v) is 1.36. The fraction of sp³-hybridized carbons (Fsp3) is 0.417. The minimum atomic E-state index is -0.354. The van der Waals surface area contributed by atoms with Gasteiger partial charge in [-0.05, 0) is 13.0 Å². The van der Waals surface area contributed by atoms with Crippen molar-refractivity contribution in [3.05, 3.63) is 22.8 Å². The van der Waals surface area contributed by atoms with Gasteiger partial charge in [0, 0.05) is 13.1 Å². The lowest BCUT2D eigenvalue weighted by Gasteiger charge is -2.09. The summed E-state index contributed by atoms with van der Waals surface area (Å²) in [5.74, 6) is 2.32. The molecule has 0 aliphatic carbocycles. The van der Waals surface area contributed by atoms with E-state index in [0.29, 0.717) is 24.7 Å². The number of rotatable bonds is 5. The summed E-state index contributed by atoms with van der Waals surface area (Å²) < 4.78 is 4.97. The second-order valence-corrected chi connectivity index (χ2v) is 4.12. The molecule has 1 saturated heterocycles. The molecule has 1 amide bonds. The molecule has 0 aromatic heterocycles. The number of ether oxygens (including phenoxy) is 1. The molecule has 0 bridgehead atoms. The van der Waals surface area contributed by atoms with Crippen molar-refractivity contribution in [1.29, 1.82) is 0 Å². The van der Waals surface area contributed by atoms with E-state index in [2.05, 4.69) is 16.6 Å². The molecular weight excluding hydrogens is 240 g/mol. The lowest BCUT2D eigenvalue weighted by Crippen LogP contribution is -2.30. The third-order valence-electron chi connectivity index (χ3n) is 2.18. The molecule has 0 aromatic carbocycles. The minimum absolute atomic E-state index is 0.0971. The predicted molar refractivity (Wildman–Crippen MR) is 67.7 cm³/mol. The van der Waals surface area contributed by atoms with Crippen LogP contribution < -0.4 is 10.6 Å². The van der Waals surface area contributed by atoms with Gasteiger partial charge >= 0.3 is 6.09 Å². The molecule has 1 fully saturated rings. The third-order valence-corrected chi connectivity index (χ3v) is 2.41. The third kappa shape index (κ3) is 5.43. The average molecular weight is 255 g/mol. The van der Waals surface area contributed by atoms with Crippen LogP contribution in [0.5, 0.6) is 0 Å². The summed E-state index contributed by atoms with van der Waals surface area (Å²) in [5.41, 5.74) is 1.09. The Morgan fingerprint density at radius 1 is 1.76 bits per heavy atom. The Bertz CT molecular complexity index is 382. The van der Waals surface area contributed by atoms with E-state index in [-0.39, 0.29) is 12.2 Å². The highest BCUT2D eigenvalue weighted by Gasteiger charge is 2.21. The first-order valence-electron chi connectivity index (χ1n) is 5.26. The molecule has 1 unspecified atom stereocenters. The van der Waals surface area contributed by atoms with Crippen LogP contribution in [0.15, 0.2) is 22.8 Å². The maximum Gasteiger partial charge on any atom is 0.407 e. The Balaban J connectivity index is 2.22. The molecule has 0 saturated carbocycles. The van der Waals surface area contributed by atoms with Crippen LogP contribution in [0.4, 0.5) is 4.79 Å². The molecule has 5 heteroatoms. The van der Waals surface area contributed by atoms with E-state index in [1.54, 1.807) is 6.08 Å². The molecule has 0 radical (unpaired) electrons. The SMILES string of the molecule is C#CC(Cl)=CC=C(C)CNCC1CNC(=O)O1. The number of hydrogen-bond donors (Lipinski definition) is 2.